The van der Waals surface area contributed by atoms with Gasteiger partial charge in [0, 0.05) is 26.0 Å². The summed E-state index contributed by atoms with van der Waals surface area (Å²) in [4.78, 5) is 0. The average molecular weight is 229 g/mol. The van der Waals surface area contributed by atoms with Crippen LogP contribution in [0.4, 0.5) is 10.1 Å². The van der Waals surface area contributed by atoms with Crippen molar-refractivity contribution < 1.29 is 18.6 Å². The highest BCUT2D eigenvalue weighted by Gasteiger charge is 2.06. The van der Waals surface area contributed by atoms with Crippen molar-refractivity contribution in [2.24, 2.45) is 0 Å². The van der Waals surface area contributed by atoms with E-state index in [0.29, 0.717) is 6.54 Å². The van der Waals surface area contributed by atoms with Gasteiger partial charge >= 0.3 is 0 Å². The summed E-state index contributed by atoms with van der Waals surface area (Å²) in [5.74, 6) is -0.181. The molecule has 5 heteroatoms. The SMILES string of the molecule is COc1cc(NCC(OC)OC)ccc1F. The van der Waals surface area contributed by atoms with Crippen molar-refractivity contribution in [1.82, 2.24) is 0 Å². The van der Waals surface area contributed by atoms with Gasteiger partial charge in [-0.2, -0.15) is 0 Å². The lowest BCUT2D eigenvalue weighted by molar-refractivity contribution is -0.0914. The highest BCUT2D eigenvalue weighted by molar-refractivity contribution is 5.48. The van der Waals surface area contributed by atoms with E-state index in [-0.39, 0.29) is 17.9 Å². The lowest BCUT2D eigenvalue weighted by atomic mass is 10.3. The zero-order valence-electron chi connectivity index (χ0n) is 9.62. The Hall–Kier alpha value is -1.33. The highest BCUT2D eigenvalue weighted by atomic mass is 19.1. The van der Waals surface area contributed by atoms with Gasteiger partial charge in [-0.25, -0.2) is 4.39 Å². The van der Waals surface area contributed by atoms with Crippen molar-refractivity contribution in [2.75, 3.05) is 33.2 Å². The number of benzene rings is 1. The molecule has 1 N–H and O–H groups in total. The van der Waals surface area contributed by atoms with Gasteiger partial charge in [-0.15, -0.1) is 0 Å². The molecule has 0 spiro atoms. The van der Waals surface area contributed by atoms with E-state index >= 15 is 0 Å². The van der Waals surface area contributed by atoms with Crippen molar-refractivity contribution in [1.29, 1.82) is 0 Å². The molecule has 16 heavy (non-hydrogen) atoms. The first-order valence-corrected chi connectivity index (χ1v) is 4.84. The van der Waals surface area contributed by atoms with E-state index in [1.165, 1.54) is 13.2 Å². The number of ether oxygens (including phenoxy) is 3. The molecule has 1 rings (SSSR count). The normalized spacial score (nSPS) is 10.6. The molecule has 90 valence electrons. The van der Waals surface area contributed by atoms with Crippen LogP contribution in [-0.4, -0.2) is 34.2 Å². The van der Waals surface area contributed by atoms with Crippen LogP contribution >= 0.6 is 0 Å². The molecule has 0 saturated heterocycles. The van der Waals surface area contributed by atoms with Crippen molar-refractivity contribution in [3.05, 3.63) is 24.0 Å². The number of halogens is 1. The van der Waals surface area contributed by atoms with Gasteiger partial charge in [-0.1, -0.05) is 0 Å². The monoisotopic (exact) mass is 229 g/mol. The number of anilines is 1. The van der Waals surface area contributed by atoms with E-state index in [4.69, 9.17) is 14.2 Å². The Kier molecular flexibility index (Phi) is 5.01. The lowest BCUT2D eigenvalue weighted by Gasteiger charge is -2.15. The van der Waals surface area contributed by atoms with E-state index in [0.717, 1.165) is 5.69 Å². The van der Waals surface area contributed by atoms with Gasteiger partial charge in [0.05, 0.1) is 13.7 Å². The van der Waals surface area contributed by atoms with E-state index in [9.17, 15) is 4.39 Å². The molecule has 0 bridgehead atoms. The van der Waals surface area contributed by atoms with E-state index in [1.807, 2.05) is 0 Å². The number of nitrogens with one attached hydrogen (secondary N) is 1. The minimum atomic E-state index is -0.386. The fourth-order valence-corrected chi connectivity index (χ4v) is 1.23. The average Bonchev–Trinajstić information content (AvgIpc) is 2.32. The molecule has 0 saturated carbocycles. The van der Waals surface area contributed by atoms with Crippen LogP contribution in [0.5, 0.6) is 5.75 Å². The fraction of sp³-hybridized carbons (Fsp3) is 0.455. The molecule has 0 heterocycles. The summed E-state index contributed by atoms with van der Waals surface area (Å²) >= 11 is 0. The Morgan fingerprint density at radius 1 is 1.25 bits per heavy atom. The van der Waals surface area contributed by atoms with Gasteiger partial charge in [0.15, 0.2) is 17.9 Å². The number of hydrogen-bond donors (Lipinski definition) is 1. The van der Waals surface area contributed by atoms with Gasteiger partial charge in [0.2, 0.25) is 0 Å². The summed E-state index contributed by atoms with van der Waals surface area (Å²) in [6.45, 7) is 0.474. The molecule has 0 aromatic heterocycles. The Labute approximate surface area is 94.3 Å². The Morgan fingerprint density at radius 3 is 2.50 bits per heavy atom. The third-order valence-corrected chi connectivity index (χ3v) is 2.15. The molecule has 0 radical (unpaired) electrons. The van der Waals surface area contributed by atoms with E-state index in [2.05, 4.69) is 5.32 Å². The maximum absolute atomic E-state index is 13.1. The molecule has 0 fully saturated rings. The predicted octanol–water partition coefficient (Wildman–Crippen LogP) is 1.87. The quantitative estimate of drug-likeness (QED) is 0.756. The highest BCUT2D eigenvalue weighted by Crippen LogP contribution is 2.21. The molecule has 0 aliphatic carbocycles. The second-order valence-electron chi connectivity index (χ2n) is 3.13. The predicted molar refractivity (Wildman–Crippen MR) is 59.2 cm³/mol. The van der Waals surface area contributed by atoms with Crippen molar-refractivity contribution >= 4 is 5.69 Å². The Balaban J connectivity index is 2.60. The first-order chi connectivity index (χ1) is 7.71. The maximum Gasteiger partial charge on any atom is 0.173 e. The first kappa shape index (κ1) is 12.7. The third-order valence-electron chi connectivity index (χ3n) is 2.15. The second-order valence-corrected chi connectivity index (χ2v) is 3.13. The molecule has 4 nitrogen and oxygen atoms in total. The maximum atomic E-state index is 13.1. The van der Waals surface area contributed by atoms with Crippen molar-refractivity contribution in [2.45, 2.75) is 6.29 Å². The van der Waals surface area contributed by atoms with Gasteiger partial charge in [0.1, 0.15) is 0 Å². The molecule has 0 amide bonds. The van der Waals surface area contributed by atoms with Crippen LogP contribution in [0.15, 0.2) is 18.2 Å². The summed E-state index contributed by atoms with van der Waals surface area (Å²) in [7, 11) is 4.54. The van der Waals surface area contributed by atoms with Crippen LogP contribution in [0.3, 0.4) is 0 Å². The number of rotatable bonds is 6. The molecule has 0 aliphatic rings. The molecular weight excluding hydrogens is 213 g/mol. The van der Waals surface area contributed by atoms with E-state index in [1.54, 1.807) is 26.4 Å². The van der Waals surface area contributed by atoms with Crippen molar-refractivity contribution in [3.8, 4) is 5.75 Å². The summed E-state index contributed by atoms with van der Waals surface area (Å²) in [6.07, 6.45) is -0.337. The molecule has 0 atom stereocenters. The van der Waals surface area contributed by atoms with Crippen LogP contribution in [0.1, 0.15) is 0 Å². The Morgan fingerprint density at radius 2 is 1.94 bits per heavy atom. The van der Waals surface area contributed by atoms with Gasteiger partial charge in [-0.05, 0) is 12.1 Å². The number of methoxy groups -OCH3 is 3. The fourth-order valence-electron chi connectivity index (χ4n) is 1.23. The third kappa shape index (κ3) is 3.36. The summed E-state index contributed by atoms with van der Waals surface area (Å²) < 4.78 is 28.0. The summed E-state index contributed by atoms with van der Waals surface area (Å²) in [5.41, 5.74) is 0.748. The minimum absolute atomic E-state index is 0.205. The van der Waals surface area contributed by atoms with Gasteiger partial charge < -0.3 is 19.5 Å². The van der Waals surface area contributed by atoms with E-state index < -0.39 is 0 Å². The molecule has 1 aromatic carbocycles. The smallest absolute Gasteiger partial charge is 0.173 e. The topological polar surface area (TPSA) is 39.7 Å². The lowest BCUT2D eigenvalue weighted by Crippen LogP contribution is -2.23. The van der Waals surface area contributed by atoms with Crippen LogP contribution in [0.2, 0.25) is 0 Å². The zero-order chi connectivity index (χ0) is 12.0. The second kappa shape index (κ2) is 6.30. The molecule has 1 aromatic rings. The van der Waals surface area contributed by atoms with Gasteiger partial charge in [-0.3, -0.25) is 0 Å². The largest absolute Gasteiger partial charge is 0.494 e. The number of hydrogen-bond acceptors (Lipinski definition) is 4. The molecular formula is C11H16FNO3. The van der Waals surface area contributed by atoms with Crippen LogP contribution in [0, 0.1) is 5.82 Å². The van der Waals surface area contributed by atoms with Crippen LogP contribution in [0.25, 0.3) is 0 Å². The molecule has 0 unspecified atom stereocenters. The van der Waals surface area contributed by atoms with Crippen molar-refractivity contribution in [3.63, 3.8) is 0 Å². The van der Waals surface area contributed by atoms with Gasteiger partial charge in [0.25, 0.3) is 0 Å². The first-order valence-electron chi connectivity index (χ1n) is 4.84. The standard InChI is InChI=1S/C11H16FNO3/c1-14-10-6-8(4-5-9(10)12)13-7-11(15-2)16-3/h4-6,11,13H,7H2,1-3H3. The van der Waals surface area contributed by atoms with Crippen LogP contribution < -0.4 is 10.1 Å². The zero-order valence-corrected chi connectivity index (χ0v) is 9.62. The Bertz CT molecular complexity index is 329. The summed E-state index contributed by atoms with van der Waals surface area (Å²) in [6, 6.07) is 4.55. The minimum Gasteiger partial charge on any atom is -0.494 e. The van der Waals surface area contributed by atoms with Crippen LogP contribution in [-0.2, 0) is 9.47 Å². The molecule has 0 aliphatic heterocycles. The summed E-state index contributed by atoms with van der Waals surface area (Å²) in [5, 5.41) is 3.05.